The van der Waals surface area contributed by atoms with E-state index in [-0.39, 0.29) is 21.8 Å². The summed E-state index contributed by atoms with van der Waals surface area (Å²) in [5.41, 5.74) is 0.376. The molecule has 1 amide bonds. The Hall–Kier alpha value is -2.07. The van der Waals surface area contributed by atoms with E-state index in [1.165, 1.54) is 12.1 Å². The van der Waals surface area contributed by atoms with Crippen molar-refractivity contribution < 1.29 is 9.18 Å². The average Bonchev–Trinajstić information content (AvgIpc) is 2.94. The molecule has 27 heavy (non-hydrogen) atoms. The van der Waals surface area contributed by atoms with Crippen LogP contribution in [0.2, 0.25) is 5.02 Å². The molecule has 136 valence electrons. The van der Waals surface area contributed by atoms with Crippen molar-refractivity contribution >= 4 is 79.2 Å². The molecule has 0 saturated heterocycles. The molecule has 0 aliphatic carbocycles. The summed E-state index contributed by atoms with van der Waals surface area (Å²) in [4.78, 5) is 28.0. The van der Waals surface area contributed by atoms with Gasteiger partial charge in [-0.1, -0.05) is 38.9 Å². The molecule has 4 rings (SSSR count). The molecule has 0 saturated carbocycles. The molecule has 0 aliphatic rings. The number of aromatic amines is 1. The SMILES string of the molecule is O=C(Nc1ccc(Br)cc1F)c1sc(=S)n2c1[nH]c(=O)c1ccc(Cl)cc12. The number of thiazole rings is 1. The van der Waals surface area contributed by atoms with Crippen LogP contribution in [0.5, 0.6) is 0 Å². The molecule has 0 spiro atoms. The van der Waals surface area contributed by atoms with Crippen LogP contribution in [0.1, 0.15) is 9.67 Å². The van der Waals surface area contributed by atoms with Crippen molar-refractivity contribution in [2.75, 3.05) is 5.32 Å². The predicted molar refractivity (Wildman–Crippen MR) is 111 cm³/mol. The van der Waals surface area contributed by atoms with Crippen molar-refractivity contribution in [2.24, 2.45) is 0 Å². The Labute approximate surface area is 173 Å². The lowest BCUT2D eigenvalue weighted by Crippen LogP contribution is -2.15. The fourth-order valence-electron chi connectivity index (χ4n) is 2.69. The number of hydrogen-bond donors (Lipinski definition) is 2. The second kappa shape index (κ2) is 6.83. The van der Waals surface area contributed by atoms with Gasteiger partial charge >= 0.3 is 0 Å². The molecule has 0 aliphatic heterocycles. The van der Waals surface area contributed by atoms with Crippen LogP contribution in [-0.2, 0) is 0 Å². The highest BCUT2D eigenvalue weighted by molar-refractivity contribution is 9.10. The molecule has 2 heterocycles. The van der Waals surface area contributed by atoms with Crippen LogP contribution < -0.4 is 10.9 Å². The third-order valence-electron chi connectivity index (χ3n) is 3.87. The first kappa shape index (κ1) is 18.3. The van der Waals surface area contributed by atoms with Crippen LogP contribution in [0.4, 0.5) is 10.1 Å². The molecular formula is C17H8BrClFN3O2S2. The summed E-state index contributed by atoms with van der Waals surface area (Å²) in [7, 11) is 0. The highest BCUT2D eigenvalue weighted by atomic mass is 79.9. The minimum absolute atomic E-state index is 0.0202. The van der Waals surface area contributed by atoms with Crippen molar-refractivity contribution in [1.29, 1.82) is 0 Å². The quantitative estimate of drug-likeness (QED) is 0.376. The monoisotopic (exact) mass is 483 g/mol. The summed E-state index contributed by atoms with van der Waals surface area (Å²) in [6.45, 7) is 0. The summed E-state index contributed by atoms with van der Waals surface area (Å²) in [5.74, 6) is -1.16. The number of fused-ring (bicyclic) bond motifs is 3. The Morgan fingerprint density at radius 1 is 1.30 bits per heavy atom. The van der Waals surface area contributed by atoms with Crippen LogP contribution >= 0.6 is 51.1 Å². The van der Waals surface area contributed by atoms with Crippen LogP contribution in [-0.4, -0.2) is 15.3 Å². The summed E-state index contributed by atoms with van der Waals surface area (Å²) in [6, 6.07) is 9.09. The van der Waals surface area contributed by atoms with E-state index in [4.69, 9.17) is 23.8 Å². The number of nitrogens with one attached hydrogen (secondary N) is 2. The van der Waals surface area contributed by atoms with Gasteiger partial charge in [0, 0.05) is 9.50 Å². The van der Waals surface area contributed by atoms with E-state index in [1.54, 1.807) is 28.7 Å². The maximum atomic E-state index is 14.0. The summed E-state index contributed by atoms with van der Waals surface area (Å²) in [6.07, 6.45) is 0. The van der Waals surface area contributed by atoms with E-state index in [0.717, 1.165) is 11.3 Å². The zero-order valence-electron chi connectivity index (χ0n) is 13.2. The van der Waals surface area contributed by atoms with Gasteiger partial charge in [0.15, 0.2) is 3.95 Å². The van der Waals surface area contributed by atoms with Crippen LogP contribution in [0.25, 0.3) is 16.6 Å². The lowest BCUT2D eigenvalue weighted by molar-refractivity contribution is 0.103. The number of hydrogen-bond acceptors (Lipinski definition) is 4. The van der Waals surface area contributed by atoms with Crippen molar-refractivity contribution in [2.45, 2.75) is 0 Å². The molecule has 2 aromatic carbocycles. The number of nitrogens with zero attached hydrogens (tertiary/aromatic N) is 1. The van der Waals surface area contributed by atoms with Gasteiger partial charge in [-0.2, -0.15) is 0 Å². The lowest BCUT2D eigenvalue weighted by Gasteiger charge is -2.06. The molecule has 2 aromatic heterocycles. The summed E-state index contributed by atoms with van der Waals surface area (Å²) >= 11 is 15.6. The topological polar surface area (TPSA) is 66.4 Å². The molecular weight excluding hydrogens is 477 g/mol. The van der Waals surface area contributed by atoms with E-state index in [2.05, 4.69) is 26.2 Å². The second-order valence-electron chi connectivity index (χ2n) is 5.57. The number of aromatic nitrogens is 2. The number of carbonyl (C=O) groups excluding carboxylic acids is 1. The Kier molecular flexibility index (Phi) is 4.63. The maximum absolute atomic E-state index is 14.0. The molecule has 0 atom stereocenters. The standard InChI is InChI=1S/C17H8BrClFN3O2S2/c18-7-1-4-11(10(20)5-7)21-16(25)13-14-22-15(24)9-3-2-8(19)6-12(9)23(14)17(26)27-13/h1-6H,(H,21,25)(H,22,24). The Bertz CT molecular complexity index is 1360. The number of halogens is 3. The van der Waals surface area contributed by atoms with Gasteiger partial charge in [0.05, 0.1) is 16.6 Å². The molecule has 4 aromatic rings. The van der Waals surface area contributed by atoms with Crippen LogP contribution in [0.15, 0.2) is 45.7 Å². The normalized spacial score (nSPS) is 11.2. The van der Waals surface area contributed by atoms with Gasteiger partial charge in [-0.15, -0.1) is 0 Å². The van der Waals surface area contributed by atoms with E-state index < -0.39 is 11.7 Å². The zero-order chi connectivity index (χ0) is 19.3. The summed E-state index contributed by atoms with van der Waals surface area (Å²) < 4.78 is 16.5. The molecule has 2 N–H and O–H groups in total. The van der Waals surface area contributed by atoms with E-state index in [0.29, 0.717) is 24.4 Å². The maximum Gasteiger partial charge on any atom is 0.269 e. The van der Waals surface area contributed by atoms with E-state index >= 15 is 0 Å². The van der Waals surface area contributed by atoms with Crippen molar-refractivity contribution in [3.05, 3.63) is 70.9 Å². The minimum Gasteiger partial charge on any atom is -0.319 e. The van der Waals surface area contributed by atoms with E-state index in [1.807, 2.05) is 0 Å². The van der Waals surface area contributed by atoms with Crippen LogP contribution in [0.3, 0.4) is 0 Å². The van der Waals surface area contributed by atoms with Gasteiger partial charge in [0.2, 0.25) is 0 Å². The molecule has 0 radical (unpaired) electrons. The number of benzene rings is 2. The van der Waals surface area contributed by atoms with Crippen molar-refractivity contribution in [3.63, 3.8) is 0 Å². The first-order chi connectivity index (χ1) is 12.8. The van der Waals surface area contributed by atoms with Gasteiger partial charge < -0.3 is 10.3 Å². The smallest absolute Gasteiger partial charge is 0.269 e. The number of amides is 1. The Morgan fingerprint density at radius 2 is 2.07 bits per heavy atom. The van der Waals surface area contributed by atoms with E-state index in [9.17, 15) is 14.0 Å². The molecule has 0 bridgehead atoms. The first-order valence-electron chi connectivity index (χ1n) is 7.48. The molecule has 10 heteroatoms. The predicted octanol–water partition coefficient (Wildman–Crippen LogP) is 5.38. The van der Waals surface area contributed by atoms with Gasteiger partial charge in [-0.25, -0.2) is 4.39 Å². The first-order valence-corrected chi connectivity index (χ1v) is 9.88. The lowest BCUT2D eigenvalue weighted by atomic mass is 10.2. The van der Waals surface area contributed by atoms with Gasteiger partial charge in [-0.3, -0.25) is 14.0 Å². The van der Waals surface area contributed by atoms with Gasteiger partial charge in [-0.05, 0) is 48.6 Å². The van der Waals surface area contributed by atoms with Crippen molar-refractivity contribution in [3.8, 4) is 0 Å². The number of anilines is 1. The summed E-state index contributed by atoms with van der Waals surface area (Å²) in [5, 5.41) is 3.34. The number of H-pyrrole nitrogens is 1. The molecule has 0 unspecified atom stereocenters. The fraction of sp³-hybridized carbons (Fsp3) is 0. The highest BCUT2D eigenvalue weighted by Crippen LogP contribution is 2.26. The van der Waals surface area contributed by atoms with Gasteiger partial charge in [0.1, 0.15) is 16.3 Å². The average molecular weight is 485 g/mol. The highest BCUT2D eigenvalue weighted by Gasteiger charge is 2.19. The number of carbonyl (C=O) groups is 1. The van der Waals surface area contributed by atoms with Crippen molar-refractivity contribution in [1.82, 2.24) is 9.38 Å². The van der Waals surface area contributed by atoms with Crippen LogP contribution in [0, 0.1) is 9.77 Å². The second-order valence-corrected chi connectivity index (χ2v) is 8.57. The zero-order valence-corrected chi connectivity index (χ0v) is 17.2. The molecule has 5 nitrogen and oxygen atoms in total. The largest absolute Gasteiger partial charge is 0.319 e. The number of rotatable bonds is 2. The molecule has 0 fully saturated rings. The third-order valence-corrected chi connectivity index (χ3v) is 5.97. The Balaban J connectivity index is 1.90. The third kappa shape index (κ3) is 3.20. The Morgan fingerprint density at radius 3 is 2.81 bits per heavy atom. The minimum atomic E-state index is -0.587. The fourth-order valence-corrected chi connectivity index (χ4v) is 4.46. The van der Waals surface area contributed by atoms with Gasteiger partial charge in [0.25, 0.3) is 11.5 Å².